The van der Waals surface area contributed by atoms with E-state index in [0.29, 0.717) is 19.4 Å². The molecule has 0 heterocycles. The number of fused-ring (bicyclic) bond motifs is 3. The molecule has 31 heavy (non-hydrogen) atoms. The number of carbonyl (C=O) groups is 3. The third kappa shape index (κ3) is 5.70. The Bertz CT molecular complexity index is 898. The van der Waals surface area contributed by atoms with Crippen molar-refractivity contribution in [2.45, 2.75) is 31.7 Å². The van der Waals surface area contributed by atoms with Gasteiger partial charge in [0.2, 0.25) is 5.91 Å². The predicted molar refractivity (Wildman–Crippen MR) is 119 cm³/mol. The summed E-state index contributed by atoms with van der Waals surface area (Å²) >= 11 is 0. The van der Waals surface area contributed by atoms with Crippen LogP contribution in [0.4, 0.5) is 4.79 Å². The number of ether oxygens (including phenoxy) is 1. The molecule has 7 heteroatoms. The third-order valence-electron chi connectivity index (χ3n) is 5.38. The van der Waals surface area contributed by atoms with Gasteiger partial charge in [-0.1, -0.05) is 48.5 Å². The molecule has 2 aromatic rings. The highest BCUT2D eigenvalue weighted by molar-refractivity contribution is 5.89. The van der Waals surface area contributed by atoms with Crippen LogP contribution in [0.2, 0.25) is 0 Å². The van der Waals surface area contributed by atoms with Gasteiger partial charge in [0, 0.05) is 5.92 Å². The molecule has 0 bridgehead atoms. The second kappa shape index (κ2) is 10.7. The number of amides is 2. The van der Waals surface area contributed by atoms with E-state index < -0.39 is 12.1 Å². The fourth-order valence-electron chi connectivity index (χ4n) is 3.87. The van der Waals surface area contributed by atoms with Gasteiger partial charge < -0.3 is 20.7 Å². The van der Waals surface area contributed by atoms with Crippen molar-refractivity contribution in [1.29, 1.82) is 0 Å². The van der Waals surface area contributed by atoms with Crippen LogP contribution in [-0.2, 0) is 14.3 Å². The molecule has 3 rings (SSSR count). The normalized spacial score (nSPS) is 13.1. The van der Waals surface area contributed by atoms with E-state index in [1.807, 2.05) is 31.3 Å². The Labute approximate surface area is 182 Å². The van der Waals surface area contributed by atoms with Crippen molar-refractivity contribution in [3.8, 4) is 11.1 Å². The lowest BCUT2D eigenvalue weighted by molar-refractivity contribution is -0.126. The summed E-state index contributed by atoms with van der Waals surface area (Å²) in [5.41, 5.74) is 4.56. The Hall–Kier alpha value is -3.19. The van der Waals surface area contributed by atoms with E-state index in [-0.39, 0.29) is 30.8 Å². The molecule has 2 aromatic carbocycles. The summed E-state index contributed by atoms with van der Waals surface area (Å²) in [5.74, 6) is -0.587. The van der Waals surface area contributed by atoms with Crippen LogP contribution in [0.1, 0.15) is 36.8 Å². The number of nitrogens with one attached hydrogen (secondary N) is 3. The minimum absolute atomic E-state index is 0.0487. The van der Waals surface area contributed by atoms with Crippen molar-refractivity contribution < 1.29 is 19.1 Å². The molecule has 2 amide bonds. The molecular formula is C24H29N3O4. The van der Waals surface area contributed by atoms with Crippen molar-refractivity contribution in [2.24, 2.45) is 0 Å². The van der Waals surface area contributed by atoms with Gasteiger partial charge in [0.05, 0.1) is 6.54 Å². The second-order valence-electron chi connectivity index (χ2n) is 7.69. The van der Waals surface area contributed by atoms with Gasteiger partial charge in [0.25, 0.3) is 0 Å². The average Bonchev–Trinajstić information content (AvgIpc) is 3.09. The first-order chi connectivity index (χ1) is 15.0. The number of hydrogen-bond donors (Lipinski definition) is 3. The Morgan fingerprint density at radius 2 is 1.61 bits per heavy atom. The molecule has 3 N–H and O–H groups in total. The first-order valence-corrected chi connectivity index (χ1v) is 10.5. The second-order valence-corrected chi connectivity index (χ2v) is 7.69. The van der Waals surface area contributed by atoms with E-state index in [2.05, 4.69) is 40.2 Å². The Morgan fingerprint density at radius 3 is 2.19 bits per heavy atom. The molecule has 0 aliphatic heterocycles. The molecule has 0 radical (unpaired) electrons. The van der Waals surface area contributed by atoms with Gasteiger partial charge in [-0.05, 0) is 55.6 Å². The predicted octanol–water partition coefficient (Wildman–Crippen LogP) is 2.60. The molecule has 1 aliphatic rings. The van der Waals surface area contributed by atoms with Gasteiger partial charge in [0.15, 0.2) is 0 Å². The smallest absolute Gasteiger partial charge is 0.407 e. The number of alkyl carbamates (subject to hydrolysis) is 1. The van der Waals surface area contributed by atoms with E-state index in [9.17, 15) is 14.4 Å². The van der Waals surface area contributed by atoms with Gasteiger partial charge in [-0.3, -0.25) is 9.59 Å². The molecule has 1 aliphatic carbocycles. The average molecular weight is 424 g/mol. The van der Waals surface area contributed by atoms with Crippen LogP contribution in [-0.4, -0.2) is 50.6 Å². The van der Waals surface area contributed by atoms with Crippen molar-refractivity contribution in [3.05, 3.63) is 59.7 Å². The van der Waals surface area contributed by atoms with Crippen molar-refractivity contribution >= 4 is 17.8 Å². The van der Waals surface area contributed by atoms with Gasteiger partial charge in [-0.15, -0.1) is 0 Å². The maximum atomic E-state index is 12.5. The van der Waals surface area contributed by atoms with Crippen LogP contribution in [0.3, 0.4) is 0 Å². The first kappa shape index (κ1) is 22.5. The molecule has 1 atom stereocenters. The molecule has 0 fully saturated rings. The maximum Gasteiger partial charge on any atom is 0.407 e. The van der Waals surface area contributed by atoms with Gasteiger partial charge >= 0.3 is 6.09 Å². The van der Waals surface area contributed by atoms with Gasteiger partial charge in [0.1, 0.15) is 18.4 Å². The minimum atomic E-state index is -0.761. The van der Waals surface area contributed by atoms with Crippen LogP contribution in [0, 0.1) is 0 Å². The number of ketones is 1. The van der Waals surface area contributed by atoms with E-state index in [4.69, 9.17) is 4.74 Å². The van der Waals surface area contributed by atoms with E-state index in [0.717, 1.165) is 22.3 Å². The Kier molecular flexibility index (Phi) is 7.78. The summed E-state index contributed by atoms with van der Waals surface area (Å²) in [6.07, 6.45) is 0.488. The molecule has 0 spiro atoms. The van der Waals surface area contributed by atoms with Crippen molar-refractivity contribution in [3.63, 3.8) is 0 Å². The van der Waals surface area contributed by atoms with Gasteiger partial charge in [-0.25, -0.2) is 4.79 Å². The SMILES string of the molecule is CNCCCC(NC(=O)OCC1c2ccccc2-c2ccccc21)C(=O)NCC(C)=O. The summed E-state index contributed by atoms with van der Waals surface area (Å²) in [6, 6.07) is 15.5. The van der Waals surface area contributed by atoms with Gasteiger partial charge in [-0.2, -0.15) is 0 Å². The van der Waals surface area contributed by atoms with E-state index >= 15 is 0 Å². The zero-order valence-corrected chi connectivity index (χ0v) is 17.9. The lowest BCUT2D eigenvalue weighted by Gasteiger charge is -2.19. The summed E-state index contributed by atoms with van der Waals surface area (Å²) in [7, 11) is 1.82. The quantitative estimate of drug-likeness (QED) is 0.511. The van der Waals surface area contributed by atoms with Crippen LogP contribution in [0.15, 0.2) is 48.5 Å². The molecule has 7 nitrogen and oxygen atoms in total. The fourth-order valence-corrected chi connectivity index (χ4v) is 3.87. The largest absolute Gasteiger partial charge is 0.449 e. The maximum absolute atomic E-state index is 12.5. The van der Waals surface area contributed by atoms with Crippen LogP contribution < -0.4 is 16.0 Å². The van der Waals surface area contributed by atoms with Crippen LogP contribution >= 0.6 is 0 Å². The third-order valence-corrected chi connectivity index (χ3v) is 5.38. The standard InChI is InChI=1S/C24H29N3O4/c1-16(28)14-26-23(29)22(12-7-13-25-2)27-24(30)31-15-21-19-10-5-3-8-17(19)18-9-4-6-11-20(18)21/h3-6,8-11,21-22,25H,7,12-15H2,1-2H3,(H,26,29)(H,27,30). The highest BCUT2D eigenvalue weighted by Gasteiger charge is 2.29. The lowest BCUT2D eigenvalue weighted by Crippen LogP contribution is -2.48. The molecule has 0 saturated carbocycles. The lowest BCUT2D eigenvalue weighted by atomic mass is 9.98. The van der Waals surface area contributed by atoms with Crippen LogP contribution in [0.25, 0.3) is 11.1 Å². The number of benzene rings is 2. The van der Waals surface area contributed by atoms with Crippen molar-refractivity contribution in [1.82, 2.24) is 16.0 Å². The molecule has 0 aromatic heterocycles. The summed E-state index contributed by atoms with van der Waals surface area (Å²) in [6.45, 7) is 2.23. The highest BCUT2D eigenvalue weighted by Crippen LogP contribution is 2.44. The Morgan fingerprint density at radius 1 is 1.00 bits per heavy atom. The number of Topliss-reactive ketones (excluding diaryl/α,β-unsaturated/α-hetero) is 1. The fraction of sp³-hybridized carbons (Fsp3) is 0.375. The monoisotopic (exact) mass is 423 g/mol. The molecule has 164 valence electrons. The molecule has 1 unspecified atom stereocenters. The summed E-state index contributed by atoms with van der Waals surface area (Å²) in [4.78, 5) is 36.1. The zero-order valence-electron chi connectivity index (χ0n) is 17.9. The first-order valence-electron chi connectivity index (χ1n) is 10.5. The minimum Gasteiger partial charge on any atom is -0.449 e. The van der Waals surface area contributed by atoms with E-state index in [1.165, 1.54) is 6.92 Å². The number of rotatable bonds is 10. The summed E-state index contributed by atoms with van der Waals surface area (Å²) < 4.78 is 5.54. The van der Waals surface area contributed by atoms with E-state index in [1.54, 1.807) is 0 Å². The topological polar surface area (TPSA) is 96.5 Å². The van der Waals surface area contributed by atoms with Crippen LogP contribution in [0.5, 0.6) is 0 Å². The molecular weight excluding hydrogens is 394 g/mol. The number of carbonyl (C=O) groups excluding carboxylic acids is 3. The number of hydrogen-bond acceptors (Lipinski definition) is 5. The highest BCUT2D eigenvalue weighted by atomic mass is 16.5. The Balaban J connectivity index is 1.63. The van der Waals surface area contributed by atoms with Crippen molar-refractivity contribution in [2.75, 3.05) is 26.7 Å². The summed E-state index contributed by atoms with van der Waals surface area (Å²) in [5, 5.41) is 8.23. The molecule has 0 saturated heterocycles. The zero-order chi connectivity index (χ0) is 22.2.